The van der Waals surface area contributed by atoms with E-state index < -0.39 is 0 Å². The van der Waals surface area contributed by atoms with Crippen molar-refractivity contribution in [3.8, 4) is 0 Å². The van der Waals surface area contributed by atoms with E-state index in [-0.39, 0.29) is 5.82 Å². The van der Waals surface area contributed by atoms with Crippen LogP contribution in [-0.4, -0.2) is 15.2 Å². The first-order valence-electron chi connectivity index (χ1n) is 7.67. The van der Waals surface area contributed by atoms with Gasteiger partial charge >= 0.3 is 0 Å². The highest BCUT2D eigenvalue weighted by atomic mass is 19.1. The van der Waals surface area contributed by atoms with Crippen LogP contribution >= 0.6 is 0 Å². The maximum Gasteiger partial charge on any atom is 0.244 e. The Kier molecular flexibility index (Phi) is 4.96. The van der Waals surface area contributed by atoms with E-state index >= 15 is 0 Å². The van der Waals surface area contributed by atoms with Gasteiger partial charge in [0.05, 0.1) is 6.20 Å². The number of rotatable bonds is 6. The van der Waals surface area contributed by atoms with E-state index in [1.165, 1.54) is 23.3 Å². The molecule has 1 heterocycles. The molecule has 0 aliphatic carbocycles. The van der Waals surface area contributed by atoms with E-state index in [1.807, 2.05) is 12.1 Å². The van der Waals surface area contributed by atoms with Crippen LogP contribution in [-0.2, 0) is 13.1 Å². The summed E-state index contributed by atoms with van der Waals surface area (Å²) < 4.78 is 12.9. The third-order valence-electron chi connectivity index (χ3n) is 3.64. The van der Waals surface area contributed by atoms with Crippen molar-refractivity contribution in [3.63, 3.8) is 0 Å². The van der Waals surface area contributed by atoms with Gasteiger partial charge in [0.1, 0.15) is 5.82 Å². The van der Waals surface area contributed by atoms with Crippen molar-refractivity contribution in [2.75, 3.05) is 10.6 Å². The summed E-state index contributed by atoms with van der Waals surface area (Å²) in [4.78, 5) is 4.38. The van der Waals surface area contributed by atoms with Crippen LogP contribution in [0.15, 0.2) is 54.7 Å². The van der Waals surface area contributed by atoms with Gasteiger partial charge in [-0.25, -0.2) is 4.39 Å². The van der Waals surface area contributed by atoms with Gasteiger partial charge in [0.15, 0.2) is 5.82 Å². The van der Waals surface area contributed by atoms with Crippen molar-refractivity contribution in [1.82, 2.24) is 15.2 Å². The lowest BCUT2D eigenvalue weighted by Crippen LogP contribution is -2.08. The van der Waals surface area contributed by atoms with Crippen LogP contribution in [0.2, 0.25) is 0 Å². The van der Waals surface area contributed by atoms with Crippen LogP contribution in [0.1, 0.15) is 16.7 Å². The molecule has 122 valence electrons. The lowest BCUT2D eigenvalue weighted by atomic mass is 10.1. The van der Waals surface area contributed by atoms with Crippen LogP contribution in [0, 0.1) is 12.7 Å². The second kappa shape index (κ2) is 7.50. The Bertz CT molecular complexity index is 805. The van der Waals surface area contributed by atoms with Crippen molar-refractivity contribution in [3.05, 3.63) is 77.2 Å². The number of anilines is 2. The van der Waals surface area contributed by atoms with Crippen LogP contribution in [0.3, 0.4) is 0 Å². The fourth-order valence-electron chi connectivity index (χ4n) is 2.24. The summed E-state index contributed by atoms with van der Waals surface area (Å²) >= 11 is 0. The molecule has 0 atom stereocenters. The Balaban J connectivity index is 1.59. The summed E-state index contributed by atoms with van der Waals surface area (Å²) in [5.74, 6) is 0.822. The molecule has 0 unspecified atom stereocenters. The maximum absolute atomic E-state index is 12.9. The first-order valence-corrected chi connectivity index (χ1v) is 7.67. The Morgan fingerprint density at radius 2 is 1.75 bits per heavy atom. The SMILES string of the molecule is Cc1ccccc1CNc1cnnc(NCc2ccc(F)cc2)n1. The number of benzene rings is 2. The maximum atomic E-state index is 12.9. The Morgan fingerprint density at radius 1 is 0.958 bits per heavy atom. The molecule has 2 N–H and O–H groups in total. The molecule has 2 aromatic carbocycles. The third-order valence-corrected chi connectivity index (χ3v) is 3.64. The molecule has 0 aliphatic heterocycles. The van der Waals surface area contributed by atoms with Gasteiger partial charge in [0, 0.05) is 13.1 Å². The second-order valence-electron chi connectivity index (χ2n) is 5.43. The predicted molar refractivity (Wildman–Crippen MR) is 92.1 cm³/mol. The molecule has 0 saturated carbocycles. The minimum atomic E-state index is -0.251. The molecule has 3 rings (SSSR count). The van der Waals surface area contributed by atoms with Crippen molar-refractivity contribution < 1.29 is 4.39 Å². The fourth-order valence-corrected chi connectivity index (χ4v) is 2.24. The summed E-state index contributed by atoms with van der Waals surface area (Å²) in [6, 6.07) is 14.5. The summed E-state index contributed by atoms with van der Waals surface area (Å²) in [5.41, 5.74) is 3.37. The van der Waals surface area contributed by atoms with Crippen molar-refractivity contribution in [2.24, 2.45) is 0 Å². The summed E-state index contributed by atoms with van der Waals surface area (Å²) in [6.45, 7) is 3.25. The van der Waals surface area contributed by atoms with E-state index in [9.17, 15) is 4.39 Å². The Morgan fingerprint density at radius 3 is 2.54 bits per heavy atom. The number of halogens is 1. The van der Waals surface area contributed by atoms with E-state index in [0.29, 0.717) is 24.9 Å². The summed E-state index contributed by atoms with van der Waals surface area (Å²) in [7, 11) is 0. The van der Waals surface area contributed by atoms with Crippen molar-refractivity contribution >= 4 is 11.8 Å². The van der Waals surface area contributed by atoms with Gasteiger partial charge < -0.3 is 10.6 Å². The predicted octanol–water partition coefficient (Wildman–Crippen LogP) is 3.54. The minimum absolute atomic E-state index is 0.251. The van der Waals surface area contributed by atoms with E-state index in [1.54, 1.807) is 18.3 Å². The molecule has 1 aromatic heterocycles. The number of nitrogens with zero attached hydrogens (tertiary/aromatic N) is 3. The zero-order valence-corrected chi connectivity index (χ0v) is 13.3. The Labute approximate surface area is 140 Å². The number of aromatic nitrogens is 3. The average molecular weight is 323 g/mol. The number of hydrogen-bond donors (Lipinski definition) is 2. The molecule has 0 fully saturated rings. The normalized spacial score (nSPS) is 10.4. The molecule has 0 aliphatic rings. The zero-order valence-electron chi connectivity index (χ0n) is 13.3. The van der Waals surface area contributed by atoms with E-state index in [0.717, 1.165) is 5.56 Å². The Hall–Kier alpha value is -3.02. The van der Waals surface area contributed by atoms with Gasteiger partial charge in [-0.05, 0) is 35.7 Å². The van der Waals surface area contributed by atoms with Gasteiger partial charge in [0.25, 0.3) is 0 Å². The molecule has 0 saturated heterocycles. The lowest BCUT2D eigenvalue weighted by Gasteiger charge is -2.09. The van der Waals surface area contributed by atoms with Gasteiger partial charge in [-0.15, -0.1) is 5.10 Å². The van der Waals surface area contributed by atoms with Crippen LogP contribution < -0.4 is 10.6 Å². The standard InChI is InChI=1S/C18H18FN5/c1-13-4-2-3-5-15(13)11-20-17-12-22-24-18(23-17)21-10-14-6-8-16(19)9-7-14/h2-9,12H,10-11H2,1H3,(H2,20,21,23,24). The first-order chi connectivity index (χ1) is 11.7. The summed E-state index contributed by atoms with van der Waals surface area (Å²) in [5, 5.41) is 14.2. The highest BCUT2D eigenvalue weighted by Gasteiger charge is 2.02. The summed E-state index contributed by atoms with van der Waals surface area (Å²) in [6.07, 6.45) is 1.58. The topological polar surface area (TPSA) is 62.7 Å². The lowest BCUT2D eigenvalue weighted by molar-refractivity contribution is 0.627. The first kappa shape index (κ1) is 15.9. The quantitative estimate of drug-likeness (QED) is 0.726. The zero-order chi connectivity index (χ0) is 16.8. The largest absolute Gasteiger partial charge is 0.365 e. The van der Waals surface area contributed by atoms with Crippen LogP contribution in [0.5, 0.6) is 0 Å². The average Bonchev–Trinajstić information content (AvgIpc) is 2.61. The second-order valence-corrected chi connectivity index (χ2v) is 5.43. The van der Waals surface area contributed by atoms with E-state index in [4.69, 9.17) is 0 Å². The highest BCUT2D eigenvalue weighted by Crippen LogP contribution is 2.11. The van der Waals surface area contributed by atoms with Gasteiger partial charge in [-0.3, -0.25) is 0 Å². The van der Waals surface area contributed by atoms with Gasteiger partial charge in [-0.1, -0.05) is 36.4 Å². The van der Waals surface area contributed by atoms with Gasteiger partial charge in [-0.2, -0.15) is 10.1 Å². The van der Waals surface area contributed by atoms with Crippen LogP contribution in [0.4, 0.5) is 16.2 Å². The third kappa shape index (κ3) is 4.25. The molecular weight excluding hydrogens is 305 g/mol. The molecule has 24 heavy (non-hydrogen) atoms. The molecule has 3 aromatic rings. The van der Waals surface area contributed by atoms with Crippen LogP contribution in [0.25, 0.3) is 0 Å². The molecule has 0 radical (unpaired) electrons. The van der Waals surface area contributed by atoms with Crippen molar-refractivity contribution in [2.45, 2.75) is 20.0 Å². The smallest absolute Gasteiger partial charge is 0.244 e. The molecule has 0 amide bonds. The molecule has 0 bridgehead atoms. The molecule has 5 nitrogen and oxygen atoms in total. The fraction of sp³-hybridized carbons (Fsp3) is 0.167. The highest BCUT2D eigenvalue weighted by molar-refractivity contribution is 5.39. The molecule has 0 spiro atoms. The molecule has 6 heteroatoms. The number of hydrogen-bond acceptors (Lipinski definition) is 5. The van der Waals surface area contributed by atoms with Crippen molar-refractivity contribution in [1.29, 1.82) is 0 Å². The van der Waals surface area contributed by atoms with Gasteiger partial charge in [0.2, 0.25) is 5.95 Å². The molecular formula is C18H18FN5. The monoisotopic (exact) mass is 323 g/mol. The number of nitrogens with one attached hydrogen (secondary N) is 2. The minimum Gasteiger partial charge on any atom is -0.365 e. The number of aryl methyl sites for hydroxylation is 1. The van der Waals surface area contributed by atoms with E-state index in [2.05, 4.69) is 44.9 Å².